The fraction of sp³-hybridized carbons (Fsp3) is 0.692. The Bertz CT molecular complexity index is 401. The molecule has 0 bridgehead atoms. The molecule has 0 unspecified atom stereocenters. The van der Waals surface area contributed by atoms with E-state index in [1.807, 2.05) is 10.7 Å². The zero-order valence-electron chi connectivity index (χ0n) is 11.2. The van der Waals surface area contributed by atoms with Crippen LogP contribution < -0.4 is 5.32 Å². The molecule has 0 aromatic carbocycles. The van der Waals surface area contributed by atoms with Crippen LogP contribution in [0.5, 0.6) is 0 Å². The van der Waals surface area contributed by atoms with Gasteiger partial charge >= 0.3 is 0 Å². The smallest absolute Gasteiger partial charge is 0.235 e. The number of aryl methyl sites for hydroxylation is 1. The minimum Gasteiger partial charge on any atom is -0.334 e. The number of hydrogen-bond acceptors (Lipinski definition) is 3. The van der Waals surface area contributed by atoms with Crippen molar-refractivity contribution >= 4 is 5.91 Å². The number of unbranched alkanes of at least 4 members (excludes halogenated alkanes) is 2. The third kappa shape index (κ3) is 2.72. The molecule has 18 heavy (non-hydrogen) atoms. The first-order valence-electron chi connectivity index (χ1n) is 6.81. The molecule has 1 atom stereocenters. The molecule has 1 aliphatic rings. The van der Waals surface area contributed by atoms with Crippen LogP contribution in [0.4, 0.5) is 0 Å². The quantitative estimate of drug-likeness (QED) is 0.779. The van der Waals surface area contributed by atoms with Gasteiger partial charge < -0.3 is 5.32 Å². The minimum absolute atomic E-state index is 0.00296. The van der Waals surface area contributed by atoms with Crippen LogP contribution in [-0.2, 0) is 11.3 Å². The summed E-state index contributed by atoms with van der Waals surface area (Å²) in [5, 5.41) is 7.31. The van der Waals surface area contributed by atoms with Crippen molar-refractivity contribution < 1.29 is 4.79 Å². The van der Waals surface area contributed by atoms with E-state index in [2.05, 4.69) is 29.2 Å². The maximum Gasteiger partial charge on any atom is 0.235 e. The molecule has 1 N–H and O–H groups in total. The van der Waals surface area contributed by atoms with Gasteiger partial charge in [0.05, 0.1) is 12.2 Å². The highest BCUT2D eigenvalue weighted by atomic mass is 16.2. The second-order valence-corrected chi connectivity index (χ2v) is 4.72. The number of amides is 1. The van der Waals surface area contributed by atoms with E-state index in [9.17, 15) is 4.79 Å². The average molecular weight is 250 g/mol. The first kappa shape index (κ1) is 13.1. The zero-order valence-corrected chi connectivity index (χ0v) is 11.2. The zero-order chi connectivity index (χ0) is 13.0. The Kier molecular flexibility index (Phi) is 4.36. The van der Waals surface area contributed by atoms with Gasteiger partial charge in [-0.1, -0.05) is 19.8 Å². The summed E-state index contributed by atoms with van der Waals surface area (Å²) < 4.78 is 1.95. The van der Waals surface area contributed by atoms with Crippen LogP contribution in [0.3, 0.4) is 0 Å². The summed E-state index contributed by atoms with van der Waals surface area (Å²) in [4.78, 5) is 13.8. The minimum atomic E-state index is -0.00296. The molecule has 2 rings (SSSR count). The second kappa shape index (κ2) is 6.00. The fourth-order valence-electron chi connectivity index (χ4n) is 2.44. The van der Waals surface area contributed by atoms with Crippen molar-refractivity contribution in [2.75, 3.05) is 13.1 Å². The van der Waals surface area contributed by atoms with E-state index in [1.54, 1.807) is 6.20 Å². The highest BCUT2D eigenvalue weighted by molar-refractivity contribution is 5.80. The Morgan fingerprint density at radius 1 is 1.44 bits per heavy atom. The van der Waals surface area contributed by atoms with Crippen LogP contribution >= 0.6 is 0 Å². The molecular weight excluding hydrogens is 228 g/mol. The molecule has 0 spiro atoms. The van der Waals surface area contributed by atoms with Crippen LogP contribution in [0.25, 0.3) is 0 Å². The third-order valence-electron chi connectivity index (χ3n) is 3.39. The van der Waals surface area contributed by atoms with Crippen LogP contribution in [0.2, 0.25) is 0 Å². The molecule has 5 nitrogen and oxygen atoms in total. The molecule has 0 saturated carbocycles. The van der Waals surface area contributed by atoms with Crippen molar-refractivity contribution in [2.45, 2.75) is 45.8 Å². The van der Waals surface area contributed by atoms with E-state index in [1.165, 1.54) is 12.8 Å². The van der Waals surface area contributed by atoms with Crippen molar-refractivity contribution in [3.63, 3.8) is 0 Å². The summed E-state index contributed by atoms with van der Waals surface area (Å²) in [6, 6.07) is 1.99. The normalized spacial score (nSPS) is 20.3. The van der Waals surface area contributed by atoms with Gasteiger partial charge in [0.25, 0.3) is 0 Å². The van der Waals surface area contributed by atoms with Crippen LogP contribution in [0, 0.1) is 0 Å². The lowest BCUT2D eigenvalue weighted by Crippen LogP contribution is -2.30. The van der Waals surface area contributed by atoms with Gasteiger partial charge in [-0.05, 0) is 19.4 Å². The average Bonchev–Trinajstić information content (AvgIpc) is 2.95. The number of carbonyl (C=O) groups excluding carboxylic acids is 1. The highest BCUT2D eigenvalue weighted by Gasteiger charge is 2.32. The number of hydrogen-bond donors (Lipinski definition) is 1. The number of aromatic nitrogens is 2. The van der Waals surface area contributed by atoms with Gasteiger partial charge in [-0.3, -0.25) is 14.4 Å². The highest BCUT2D eigenvalue weighted by Crippen LogP contribution is 2.22. The summed E-state index contributed by atoms with van der Waals surface area (Å²) in [5.74, 6) is 0.111. The topological polar surface area (TPSA) is 50.2 Å². The Hall–Kier alpha value is -1.36. The lowest BCUT2D eigenvalue weighted by atomic mass is 10.2. The van der Waals surface area contributed by atoms with Crippen molar-refractivity contribution in [1.82, 2.24) is 20.0 Å². The van der Waals surface area contributed by atoms with Crippen LogP contribution in [-0.4, -0.2) is 33.7 Å². The maximum atomic E-state index is 11.6. The molecule has 1 fully saturated rings. The molecule has 100 valence electrons. The van der Waals surface area contributed by atoms with Gasteiger partial charge in [0.15, 0.2) is 0 Å². The van der Waals surface area contributed by atoms with Crippen LogP contribution in [0.1, 0.15) is 45.0 Å². The molecule has 1 amide bonds. The molecule has 1 aromatic rings. The van der Waals surface area contributed by atoms with Gasteiger partial charge in [-0.25, -0.2) is 0 Å². The first-order chi connectivity index (χ1) is 8.76. The lowest BCUT2D eigenvalue weighted by molar-refractivity contribution is -0.118. The lowest BCUT2D eigenvalue weighted by Gasteiger charge is -2.23. The Labute approximate surface area is 108 Å². The standard InChI is InChI=1S/C13H22N4O/c1-3-5-6-9-16-10-12(18)15-13(16)11-7-8-14-17(11)4-2/h7-8,13H,3-6,9-10H2,1-2H3,(H,15,18)/t13-/m0/s1. The molecule has 5 heteroatoms. The van der Waals surface area contributed by atoms with Gasteiger partial charge in [0, 0.05) is 19.3 Å². The van der Waals surface area contributed by atoms with Gasteiger partial charge in [-0.15, -0.1) is 0 Å². The van der Waals surface area contributed by atoms with Gasteiger partial charge in [0.2, 0.25) is 5.91 Å². The van der Waals surface area contributed by atoms with Crippen molar-refractivity contribution in [1.29, 1.82) is 0 Å². The SMILES string of the molecule is CCCCCN1CC(=O)N[C@@H]1c1ccnn1CC. The monoisotopic (exact) mass is 250 g/mol. The summed E-state index contributed by atoms with van der Waals surface area (Å²) in [7, 11) is 0. The van der Waals surface area contributed by atoms with Crippen molar-refractivity contribution in [3.05, 3.63) is 18.0 Å². The molecule has 2 heterocycles. The van der Waals surface area contributed by atoms with E-state index >= 15 is 0 Å². The van der Waals surface area contributed by atoms with Gasteiger partial charge in [-0.2, -0.15) is 5.10 Å². The summed E-state index contributed by atoms with van der Waals surface area (Å²) in [6.07, 6.45) is 5.35. The van der Waals surface area contributed by atoms with E-state index in [4.69, 9.17) is 0 Å². The van der Waals surface area contributed by atoms with Crippen LogP contribution in [0.15, 0.2) is 12.3 Å². The van der Waals surface area contributed by atoms with E-state index in [0.717, 1.165) is 25.2 Å². The Morgan fingerprint density at radius 2 is 2.28 bits per heavy atom. The Balaban J connectivity index is 2.07. The van der Waals surface area contributed by atoms with E-state index < -0.39 is 0 Å². The molecule has 0 aliphatic carbocycles. The number of nitrogens with one attached hydrogen (secondary N) is 1. The maximum absolute atomic E-state index is 11.6. The Morgan fingerprint density at radius 3 is 3.00 bits per heavy atom. The third-order valence-corrected chi connectivity index (χ3v) is 3.39. The molecule has 0 radical (unpaired) electrons. The fourth-order valence-corrected chi connectivity index (χ4v) is 2.44. The summed E-state index contributed by atoms with van der Waals surface area (Å²) in [5.41, 5.74) is 1.08. The van der Waals surface area contributed by atoms with E-state index in [-0.39, 0.29) is 12.1 Å². The first-order valence-corrected chi connectivity index (χ1v) is 6.81. The summed E-state index contributed by atoms with van der Waals surface area (Å²) >= 11 is 0. The van der Waals surface area contributed by atoms with E-state index in [0.29, 0.717) is 6.54 Å². The molecule has 1 aliphatic heterocycles. The molecule has 1 saturated heterocycles. The predicted octanol–water partition coefficient (Wildman–Crippen LogP) is 1.52. The second-order valence-electron chi connectivity index (χ2n) is 4.72. The van der Waals surface area contributed by atoms with Crippen molar-refractivity contribution in [3.8, 4) is 0 Å². The molecular formula is C13H22N4O. The number of nitrogens with zero attached hydrogens (tertiary/aromatic N) is 3. The predicted molar refractivity (Wildman–Crippen MR) is 69.9 cm³/mol. The number of carbonyl (C=O) groups is 1. The largest absolute Gasteiger partial charge is 0.334 e. The number of rotatable bonds is 6. The van der Waals surface area contributed by atoms with Gasteiger partial charge in [0.1, 0.15) is 6.17 Å². The molecule has 1 aromatic heterocycles. The van der Waals surface area contributed by atoms with Crippen molar-refractivity contribution in [2.24, 2.45) is 0 Å². The summed E-state index contributed by atoms with van der Waals surface area (Å²) in [6.45, 7) is 6.55.